The summed E-state index contributed by atoms with van der Waals surface area (Å²) in [7, 11) is 0. The lowest BCUT2D eigenvalue weighted by Gasteiger charge is -2.38. The van der Waals surface area contributed by atoms with Gasteiger partial charge in [0.25, 0.3) is 0 Å². The molecule has 1 aromatic carbocycles. The second-order valence-electron chi connectivity index (χ2n) is 5.39. The maximum Gasteiger partial charge on any atom is 0.123 e. The van der Waals surface area contributed by atoms with E-state index >= 15 is 0 Å². The Hall–Kier alpha value is -0.930. The Kier molecular flexibility index (Phi) is 4.03. The Labute approximate surface area is 108 Å². The Morgan fingerprint density at radius 3 is 2.50 bits per heavy atom. The van der Waals surface area contributed by atoms with Crippen molar-refractivity contribution >= 4 is 0 Å². The van der Waals surface area contributed by atoms with Crippen LogP contribution >= 0.6 is 0 Å². The Balaban J connectivity index is 2.13. The molecule has 1 heterocycles. The van der Waals surface area contributed by atoms with Crippen LogP contribution < -0.4 is 0 Å². The van der Waals surface area contributed by atoms with Gasteiger partial charge >= 0.3 is 0 Å². The summed E-state index contributed by atoms with van der Waals surface area (Å²) in [6.45, 7) is 6.89. The van der Waals surface area contributed by atoms with Crippen LogP contribution in [0.2, 0.25) is 0 Å². The molecule has 0 aliphatic carbocycles. The van der Waals surface area contributed by atoms with E-state index in [2.05, 4.69) is 11.8 Å². The fraction of sp³-hybridized carbons (Fsp3) is 0.600. The number of hydrogen-bond donors (Lipinski definition) is 1. The van der Waals surface area contributed by atoms with E-state index in [1.807, 2.05) is 13.0 Å². The van der Waals surface area contributed by atoms with Crippen LogP contribution in [0.5, 0.6) is 0 Å². The van der Waals surface area contributed by atoms with Crippen molar-refractivity contribution in [2.24, 2.45) is 0 Å². The minimum atomic E-state index is -0.850. The Morgan fingerprint density at radius 1 is 1.28 bits per heavy atom. The maximum atomic E-state index is 13.4. The molecule has 0 atom stereocenters. The first-order chi connectivity index (χ1) is 8.53. The zero-order chi connectivity index (χ0) is 13.2. The number of aryl methyl sites for hydroxylation is 1. The van der Waals surface area contributed by atoms with E-state index in [1.165, 1.54) is 12.1 Å². The van der Waals surface area contributed by atoms with Crippen LogP contribution in [0.15, 0.2) is 18.2 Å². The van der Waals surface area contributed by atoms with Crippen molar-refractivity contribution in [3.05, 3.63) is 35.1 Å². The highest BCUT2D eigenvalue weighted by molar-refractivity contribution is 5.29. The van der Waals surface area contributed by atoms with Crippen molar-refractivity contribution in [3.63, 3.8) is 0 Å². The summed E-state index contributed by atoms with van der Waals surface area (Å²) in [6, 6.07) is 4.88. The fourth-order valence-electron chi connectivity index (χ4n) is 2.76. The lowest BCUT2D eigenvalue weighted by molar-refractivity contribution is -0.0260. The molecule has 1 fully saturated rings. The highest BCUT2D eigenvalue weighted by Gasteiger charge is 2.34. The van der Waals surface area contributed by atoms with Gasteiger partial charge in [0, 0.05) is 13.1 Å². The number of likely N-dealkylation sites (tertiary alicyclic amines) is 1. The largest absolute Gasteiger partial charge is 0.385 e. The standard InChI is InChI=1S/C15H22FNO/c1-3-6-17-7-4-15(18,5-8-17)13-9-12(2)10-14(16)11-13/h9-11,18H,3-8H2,1-2H3. The average Bonchev–Trinajstić information content (AvgIpc) is 2.31. The van der Waals surface area contributed by atoms with Gasteiger partial charge in [-0.15, -0.1) is 0 Å². The third-order valence-electron chi connectivity index (χ3n) is 3.80. The van der Waals surface area contributed by atoms with E-state index in [1.54, 1.807) is 0 Å². The van der Waals surface area contributed by atoms with Crippen molar-refractivity contribution in [3.8, 4) is 0 Å². The summed E-state index contributed by atoms with van der Waals surface area (Å²) in [5.74, 6) is -0.255. The van der Waals surface area contributed by atoms with Crippen molar-refractivity contribution in [1.29, 1.82) is 0 Å². The number of hydrogen-bond acceptors (Lipinski definition) is 2. The van der Waals surface area contributed by atoms with Gasteiger partial charge in [0.1, 0.15) is 5.82 Å². The van der Waals surface area contributed by atoms with E-state index < -0.39 is 5.60 Å². The van der Waals surface area contributed by atoms with Crippen LogP contribution in [0.4, 0.5) is 4.39 Å². The van der Waals surface area contributed by atoms with Crippen molar-refractivity contribution < 1.29 is 9.50 Å². The predicted molar refractivity (Wildman–Crippen MR) is 71.0 cm³/mol. The Bertz CT molecular complexity index is 391. The lowest BCUT2D eigenvalue weighted by atomic mass is 9.84. The van der Waals surface area contributed by atoms with Crippen molar-refractivity contribution in [2.45, 2.75) is 38.7 Å². The minimum Gasteiger partial charge on any atom is -0.385 e. The molecule has 2 nitrogen and oxygen atoms in total. The van der Waals surface area contributed by atoms with Crippen LogP contribution in [0.25, 0.3) is 0 Å². The molecule has 0 saturated carbocycles. The SMILES string of the molecule is CCCN1CCC(O)(c2cc(C)cc(F)c2)CC1. The van der Waals surface area contributed by atoms with E-state index in [0.29, 0.717) is 12.8 Å². The molecular weight excluding hydrogens is 229 g/mol. The third-order valence-corrected chi connectivity index (χ3v) is 3.80. The molecule has 0 radical (unpaired) electrons. The van der Waals surface area contributed by atoms with Gasteiger partial charge < -0.3 is 10.0 Å². The van der Waals surface area contributed by atoms with Crippen LogP contribution in [0, 0.1) is 12.7 Å². The predicted octanol–water partition coefficient (Wildman–Crippen LogP) is 2.83. The number of halogens is 1. The summed E-state index contributed by atoms with van der Waals surface area (Å²) in [5, 5.41) is 10.7. The van der Waals surface area contributed by atoms with Gasteiger partial charge in [-0.3, -0.25) is 0 Å². The van der Waals surface area contributed by atoms with Crippen LogP contribution in [-0.2, 0) is 5.60 Å². The molecule has 0 unspecified atom stereocenters. The summed E-state index contributed by atoms with van der Waals surface area (Å²) >= 11 is 0. The lowest BCUT2D eigenvalue weighted by Crippen LogP contribution is -2.42. The van der Waals surface area contributed by atoms with Gasteiger partial charge in [0.15, 0.2) is 0 Å². The summed E-state index contributed by atoms with van der Waals surface area (Å²) in [6.07, 6.45) is 2.52. The number of aliphatic hydroxyl groups is 1. The quantitative estimate of drug-likeness (QED) is 0.893. The zero-order valence-electron chi connectivity index (χ0n) is 11.2. The number of nitrogens with zero attached hydrogens (tertiary/aromatic N) is 1. The molecule has 18 heavy (non-hydrogen) atoms. The van der Waals surface area contributed by atoms with Crippen LogP contribution in [0.1, 0.15) is 37.3 Å². The minimum absolute atomic E-state index is 0.255. The number of benzene rings is 1. The topological polar surface area (TPSA) is 23.5 Å². The first kappa shape index (κ1) is 13.5. The van der Waals surface area contributed by atoms with Gasteiger partial charge in [0.05, 0.1) is 5.60 Å². The third kappa shape index (κ3) is 2.90. The van der Waals surface area contributed by atoms with Gasteiger partial charge in [-0.1, -0.05) is 13.0 Å². The second kappa shape index (κ2) is 5.37. The first-order valence-corrected chi connectivity index (χ1v) is 6.76. The summed E-state index contributed by atoms with van der Waals surface area (Å²) in [4.78, 5) is 2.36. The molecule has 2 rings (SSSR count). The zero-order valence-corrected chi connectivity index (χ0v) is 11.2. The molecule has 1 N–H and O–H groups in total. The second-order valence-corrected chi connectivity index (χ2v) is 5.39. The Morgan fingerprint density at radius 2 is 1.94 bits per heavy atom. The molecule has 3 heteroatoms. The van der Waals surface area contributed by atoms with E-state index in [0.717, 1.165) is 37.2 Å². The monoisotopic (exact) mass is 251 g/mol. The highest BCUT2D eigenvalue weighted by atomic mass is 19.1. The van der Waals surface area contributed by atoms with Gasteiger partial charge in [-0.2, -0.15) is 0 Å². The molecule has 1 aliphatic rings. The molecular formula is C15H22FNO. The van der Waals surface area contributed by atoms with E-state index in [4.69, 9.17) is 0 Å². The van der Waals surface area contributed by atoms with Crippen molar-refractivity contribution in [1.82, 2.24) is 4.90 Å². The average molecular weight is 251 g/mol. The van der Waals surface area contributed by atoms with Crippen molar-refractivity contribution in [2.75, 3.05) is 19.6 Å². The molecule has 0 bridgehead atoms. The number of piperidine rings is 1. The van der Waals surface area contributed by atoms with Gasteiger partial charge in [0.2, 0.25) is 0 Å². The van der Waals surface area contributed by atoms with E-state index in [9.17, 15) is 9.50 Å². The first-order valence-electron chi connectivity index (χ1n) is 6.76. The molecule has 1 aromatic rings. The molecule has 0 spiro atoms. The smallest absolute Gasteiger partial charge is 0.123 e. The molecule has 1 aliphatic heterocycles. The molecule has 0 aromatic heterocycles. The summed E-state index contributed by atoms with van der Waals surface area (Å²) in [5.41, 5.74) is 0.752. The molecule has 1 saturated heterocycles. The highest BCUT2D eigenvalue weighted by Crippen LogP contribution is 2.33. The van der Waals surface area contributed by atoms with Gasteiger partial charge in [-0.25, -0.2) is 4.39 Å². The normalized spacial score (nSPS) is 20.0. The van der Waals surface area contributed by atoms with Crippen LogP contribution in [-0.4, -0.2) is 29.6 Å². The van der Waals surface area contributed by atoms with Crippen LogP contribution in [0.3, 0.4) is 0 Å². The maximum absolute atomic E-state index is 13.4. The van der Waals surface area contributed by atoms with E-state index in [-0.39, 0.29) is 5.82 Å². The fourth-order valence-corrected chi connectivity index (χ4v) is 2.76. The molecule has 100 valence electrons. The molecule has 0 amide bonds. The van der Waals surface area contributed by atoms with Gasteiger partial charge in [-0.05, 0) is 56.0 Å². The summed E-state index contributed by atoms with van der Waals surface area (Å²) < 4.78 is 13.4. The number of rotatable bonds is 3.